The molecule has 0 saturated heterocycles. The maximum atomic E-state index is 12.3. The van der Waals surface area contributed by atoms with E-state index in [-0.39, 0.29) is 0 Å². The number of carboxylic acids is 1. The minimum atomic E-state index is -0.847. The lowest BCUT2D eigenvalue weighted by Gasteiger charge is -2.26. The Balaban J connectivity index is 1.55. The number of carboxylic acid groups (broad SMARTS) is 1. The monoisotopic (exact) mass is 374 g/mol. The van der Waals surface area contributed by atoms with Gasteiger partial charge in [0, 0.05) is 35.6 Å². The minimum Gasteiger partial charge on any atom is -0.477 e. The normalized spacial score (nSPS) is 17.0. The van der Waals surface area contributed by atoms with Crippen LogP contribution in [0.1, 0.15) is 65.2 Å². The molecule has 2 aliphatic carbocycles. The summed E-state index contributed by atoms with van der Waals surface area (Å²) in [4.78, 5) is 12.3. The number of nitrogens with zero attached hydrogens (tertiary/aromatic N) is 1. The van der Waals surface area contributed by atoms with E-state index in [0.29, 0.717) is 30.7 Å². The lowest BCUT2D eigenvalue weighted by atomic mass is 9.93. The van der Waals surface area contributed by atoms with E-state index in [1.165, 1.54) is 43.2 Å². The second-order valence-electron chi connectivity index (χ2n) is 8.26. The summed E-state index contributed by atoms with van der Waals surface area (Å²) >= 11 is 0. The summed E-state index contributed by atoms with van der Waals surface area (Å²) in [6.07, 6.45) is 6.19. The molecule has 28 heavy (non-hydrogen) atoms. The van der Waals surface area contributed by atoms with Gasteiger partial charge in [-0.05, 0) is 48.8 Å². The van der Waals surface area contributed by atoms with Crippen LogP contribution < -0.4 is 5.32 Å². The maximum Gasteiger partial charge on any atom is 0.352 e. The molecular formula is C24H26N2O2. The highest BCUT2D eigenvalue weighted by molar-refractivity contribution is 5.98. The summed E-state index contributed by atoms with van der Waals surface area (Å²) in [6, 6.07) is 17.3. The fourth-order valence-corrected chi connectivity index (χ4v) is 4.37. The molecule has 0 radical (unpaired) electrons. The average molecular weight is 374 g/mol. The zero-order valence-electron chi connectivity index (χ0n) is 16.0. The van der Waals surface area contributed by atoms with Crippen LogP contribution in [0.15, 0.2) is 48.5 Å². The predicted octanol–water partition coefficient (Wildman–Crippen LogP) is 4.91. The standard InChI is InChI=1S/C24H26N2O2/c27-24(28)23-21(14-25-19-7-4-8-19)20-9-1-2-10-22(20)26(23)15-16-5-3-6-18(13-16)17-11-12-17/h1-3,5-6,9-10,13,17,19,25H,4,7-8,11-12,14-15H2,(H,27,28). The van der Waals surface area contributed by atoms with Crippen LogP contribution in [0.25, 0.3) is 10.9 Å². The Labute approximate surface area is 165 Å². The Morgan fingerprint density at radius 2 is 1.89 bits per heavy atom. The summed E-state index contributed by atoms with van der Waals surface area (Å²) in [5.41, 5.74) is 4.89. The van der Waals surface area contributed by atoms with Crippen molar-refractivity contribution < 1.29 is 9.90 Å². The first-order chi connectivity index (χ1) is 13.7. The third-order valence-electron chi connectivity index (χ3n) is 6.29. The molecular weight excluding hydrogens is 348 g/mol. The number of carbonyl (C=O) groups is 1. The Morgan fingerprint density at radius 3 is 2.61 bits per heavy atom. The Kier molecular flexibility index (Phi) is 4.44. The number of fused-ring (bicyclic) bond motifs is 1. The number of rotatable bonds is 7. The van der Waals surface area contributed by atoms with Crippen molar-refractivity contribution in [3.05, 3.63) is 70.9 Å². The van der Waals surface area contributed by atoms with Crippen molar-refractivity contribution in [3.8, 4) is 0 Å². The number of nitrogens with one attached hydrogen (secondary N) is 1. The minimum absolute atomic E-state index is 0.421. The molecule has 0 atom stereocenters. The molecule has 2 aliphatic rings. The molecule has 0 unspecified atom stereocenters. The maximum absolute atomic E-state index is 12.3. The molecule has 0 bridgehead atoms. The van der Waals surface area contributed by atoms with Crippen molar-refractivity contribution in [2.45, 2.75) is 57.2 Å². The van der Waals surface area contributed by atoms with Crippen LogP contribution in [-0.2, 0) is 13.1 Å². The molecule has 1 aromatic heterocycles. The molecule has 5 rings (SSSR count). The number of para-hydroxylation sites is 1. The summed E-state index contributed by atoms with van der Waals surface area (Å²) < 4.78 is 1.99. The molecule has 144 valence electrons. The van der Waals surface area contributed by atoms with Crippen LogP contribution in [-0.4, -0.2) is 21.7 Å². The third kappa shape index (κ3) is 3.22. The van der Waals surface area contributed by atoms with Crippen LogP contribution in [0.5, 0.6) is 0 Å². The lowest BCUT2D eigenvalue weighted by molar-refractivity contribution is 0.0684. The third-order valence-corrected chi connectivity index (χ3v) is 6.29. The average Bonchev–Trinajstić information content (AvgIpc) is 3.46. The van der Waals surface area contributed by atoms with Gasteiger partial charge in [-0.1, -0.05) is 48.9 Å². The van der Waals surface area contributed by atoms with E-state index in [0.717, 1.165) is 16.5 Å². The fourth-order valence-electron chi connectivity index (χ4n) is 4.37. The van der Waals surface area contributed by atoms with Crippen LogP contribution in [0.4, 0.5) is 0 Å². The van der Waals surface area contributed by atoms with Gasteiger partial charge in [0.1, 0.15) is 5.69 Å². The first kappa shape index (κ1) is 17.5. The van der Waals surface area contributed by atoms with Crippen LogP contribution in [0.2, 0.25) is 0 Å². The van der Waals surface area contributed by atoms with E-state index in [4.69, 9.17) is 0 Å². The van der Waals surface area contributed by atoms with Gasteiger partial charge in [-0.25, -0.2) is 4.79 Å². The van der Waals surface area contributed by atoms with E-state index in [1.807, 2.05) is 22.8 Å². The van der Waals surface area contributed by atoms with Gasteiger partial charge in [-0.3, -0.25) is 0 Å². The predicted molar refractivity (Wildman–Crippen MR) is 111 cm³/mol. The van der Waals surface area contributed by atoms with E-state index >= 15 is 0 Å². The molecule has 1 heterocycles. The van der Waals surface area contributed by atoms with Gasteiger partial charge < -0.3 is 15.0 Å². The summed E-state index contributed by atoms with van der Waals surface area (Å²) in [5.74, 6) is -0.150. The molecule has 2 aromatic carbocycles. The number of benzene rings is 2. The van der Waals surface area contributed by atoms with E-state index in [9.17, 15) is 9.90 Å². The van der Waals surface area contributed by atoms with Gasteiger partial charge in [-0.2, -0.15) is 0 Å². The van der Waals surface area contributed by atoms with E-state index < -0.39 is 5.97 Å². The summed E-state index contributed by atoms with van der Waals surface area (Å²) in [7, 11) is 0. The smallest absolute Gasteiger partial charge is 0.352 e. The van der Waals surface area contributed by atoms with Crippen molar-refractivity contribution in [3.63, 3.8) is 0 Å². The van der Waals surface area contributed by atoms with Crippen LogP contribution in [0, 0.1) is 0 Å². The van der Waals surface area contributed by atoms with E-state index in [2.05, 4.69) is 35.6 Å². The zero-order chi connectivity index (χ0) is 19.1. The largest absolute Gasteiger partial charge is 0.477 e. The zero-order valence-corrected chi connectivity index (χ0v) is 16.0. The SMILES string of the molecule is O=C(O)c1c(CNC2CCC2)c2ccccc2n1Cc1cccc(C2CC2)c1. The lowest BCUT2D eigenvalue weighted by Crippen LogP contribution is -2.34. The van der Waals surface area contributed by atoms with Gasteiger partial charge in [0.25, 0.3) is 0 Å². The van der Waals surface area contributed by atoms with Gasteiger partial charge in [0.2, 0.25) is 0 Å². The molecule has 2 saturated carbocycles. The van der Waals surface area contributed by atoms with Gasteiger partial charge in [-0.15, -0.1) is 0 Å². The van der Waals surface area contributed by atoms with Gasteiger partial charge in [0.15, 0.2) is 0 Å². The molecule has 0 amide bonds. The number of hydrogen-bond donors (Lipinski definition) is 2. The molecule has 4 heteroatoms. The van der Waals surface area contributed by atoms with Crippen molar-refractivity contribution in [2.75, 3.05) is 0 Å². The van der Waals surface area contributed by atoms with Crippen LogP contribution in [0.3, 0.4) is 0 Å². The fraction of sp³-hybridized carbons (Fsp3) is 0.375. The number of aromatic nitrogens is 1. The van der Waals surface area contributed by atoms with Gasteiger partial charge in [0.05, 0.1) is 0 Å². The number of aromatic carboxylic acids is 1. The molecule has 4 nitrogen and oxygen atoms in total. The molecule has 2 fully saturated rings. The second-order valence-corrected chi connectivity index (χ2v) is 8.26. The second kappa shape index (κ2) is 7.10. The van der Waals surface area contributed by atoms with Crippen molar-refractivity contribution in [2.24, 2.45) is 0 Å². The summed E-state index contributed by atoms with van der Waals surface area (Å²) in [6.45, 7) is 1.20. The Morgan fingerprint density at radius 1 is 1.07 bits per heavy atom. The Hall–Kier alpha value is -2.59. The topological polar surface area (TPSA) is 54.3 Å². The van der Waals surface area contributed by atoms with Gasteiger partial charge >= 0.3 is 5.97 Å². The molecule has 0 aliphatic heterocycles. The van der Waals surface area contributed by atoms with E-state index in [1.54, 1.807) is 0 Å². The highest BCUT2D eigenvalue weighted by atomic mass is 16.4. The first-order valence-electron chi connectivity index (χ1n) is 10.4. The van der Waals surface area contributed by atoms with Crippen LogP contribution >= 0.6 is 0 Å². The Bertz CT molecular complexity index is 1030. The highest BCUT2D eigenvalue weighted by Gasteiger charge is 2.26. The summed E-state index contributed by atoms with van der Waals surface area (Å²) in [5, 5.41) is 14.7. The van der Waals surface area contributed by atoms with Crippen molar-refractivity contribution in [1.29, 1.82) is 0 Å². The highest BCUT2D eigenvalue weighted by Crippen LogP contribution is 2.40. The van der Waals surface area contributed by atoms with Crippen molar-refractivity contribution >= 4 is 16.9 Å². The molecule has 2 N–H and O–H groups in total. The quantitative estimate of drug-likeness (QED) is 0.618. The first-order valence-corrected chi connectivity index (χ1v) is 10.4. The molecule has 3 aromatic rings. The number of hydrogen-bond acceptors (Lipinski definition) is 2. The van der Waals surface area contributed by atoms with Crippen molar-refractivity contribution in [1.82, 2.24) is 9.88 Å². The molecule has 0 spiro atoms.